The Balaban J connectivity index is 2.76. The number of nitriles is 1. The van der Waals surface area contributed by atoms with Crippen molar-refractivity contribution in [2.45, 2.75) is 6.54 Å². The summed E-state index contributed by atoms with van der Waals surface area (Å²) in [5.41, 5.74) is 7.08. The molecule has 2 N–H and O–H groups in total. The van der Waals surface area contributed by atoms with E-state index in [0.717, 1.165) is 0 Å². The molecule has 0 unspecified atom stereocenters. The fourth-order valence-electron chi connectivity index (χ4n) is 1.17. The normalized spacial score (nSPS) is 10.2. The van der Waals surface area contributed by atoms with Gasteiger partial charge in [0.05, 0.1) is 12.1 Å². The van der Waals surface area contributed by atoms with Gasteiger partial charge in [0.1, 0.15) is 11.6 Å². The Morgan fingerprint density at radius 1 is 1.54 bits per heavy atom. The molecule has 1 aromatic heterocycles. The molecule has 0 bridgehead atoms. The average molecular weight is 173 g/mol. The molecule has 0 fully saturated rings. The monoisotopic (exact) mass is 173 g/mol. The Hall–Kier alpha value is -1.86. The Morgan fingerprint density at radius 2 is 2.38 bits per heavy atom. The van der Waals surface area contributed by atoms with Crippen LogP contribution in [0.3, 0.4) is 0 Å². The standard InChI is InChI=1S/C9H7N3O/c10-4-6-2-1-3-7-9(6)12-8(5-11)13-7/h1-3H,5,11H2. The molecular formula is C9H7N3O. The minimum Gasteiger partial charge on any atom is -0.439 e. The van der Waals surface area contributed by atoms with Crippen molar-refractivity contribution in [2.75, 3.05) is 0 Å². The lowest BCUT2D eigenvalue weighted by atomic mass is 10.2. The first-order valence-electron chi connectivity index (χ1n) is 3.83. The van der Waals surface area contributed by atoms with Gasteiger partial charge in [-0.1, -0.05) is 6.07 Å². The van der Waals surface area contributed by atoms with Gasteiger partial charge >= 0.3 is 0 Å². The molecule has 0 saturated carbocycles. The van der Waals surface area contributed by atoms with Gasteiger partial charge in [0.25, 0.3) is 0 Å². The van der Waals surface area contributed by atoms with Crippen LogP contribution in [0.15, 0.2) is 22.6 Å². The molecule has 4 nitrogen and oxygen atoms in total. The van der Waals surface area contributed by atoms with Crippen LogP contribution in [0.1, 0.15) is 11.5 Å². The predicted octanol–water partition coefficient (Wildman–Crippen LogP) is 1.16. The molecular weight excluding hydrogens is 166 g/mol. The van der Waals surface area contributed by atoms with Crippen LogP contribution in [-0.4, -0.2) is 4.98 Å². The first kappa shape index (κ1) is 7.77. The number of para-hydroxylation sites is 1. The SMILES string of the molecule is N#Cc1cccc2oc(CN)nc12. The fourth-order valence-corrected chi connectivity index (χ4v) is 1.17. The van der Waals surface area contributed by atoms with Crippen molar-refractivity contribution in [3.8, 4) is 6.07 Å². The first-order valence-corrected chi connectivity index (χ1v) is 3.83. The lowest BCUT2D eigenvalue weighted by Gasteiger charge is -1.86. The molecule has 0 aliphatic carbocycles. The quantitative estimate of drug-likeness (QED) is 0.702. The van der Waals surface area contributed by atoms with Crippen molar-refractivity contribution in [1.82, 2.24) is 4.98 Å². The highest BCUT2D eigenvalue weighted by Crippen LogP contribution is 2.18. The summed E-state index contributed by atoms with van der Waals surface area (Å²) < 4.78 is 5.27. The second kappa shape index (κ2) is 2.88. The van der Waals surface area contributed by atoms with Gasteiger partial charge in [-0.3, -0.25) is 0 Å². The summed E-state index contributed by atoms with van der Waals surface area (Å²) >= 11 is 0. The maximum Gasteiger partial charge on any atom is 0.209 e. The minimum atomic E-state index is 0.250. The predicted molar refractivity (Wildman–Crippen MR) is 46.6 cm³/mol. The van der Waals surface area contributed by atoms with Crippen molar-refractivity contribution in [2.24, 2.45) is 5.73 Å². The summed E-state index contributed by atoms with van der Waals surface area (Å²) in [4.78, 5) is 4.09. The number of benzene rings is 1. The van der Waals surface area contributed by atoms with E-state index >= 15 is 0 Å². The lowest BCUT2D eigenvalue weighted by Crippen LogP contribution is -1.95. The maximum atomic E-state index is 8.75. The third-order valence-corrected chi connectivity index (χ3v) is 1.76. The van der Waals surface area contributed by atoms with E-state index in [1.165, 1.54) is 0 Å². The van der Waals surface area contributed by atoms with E-state index in [4.69, 9.17) is 15.4 Å². The van der Waals surface area contributed by atoms with E-state index in [-0.39, 0.29) is 6.54 Å². The summed E-state index contributed by atoms with van der Waals surface area (Å²) in [5, 5.41) is 8.75. The molecule has 0 atom stereocenters. The van der Waals surface area contributed by atoms with Crippen molar-refractivity contribution < 1.29 is 4.42 Å². The zero-order valence-corrected chi connectivity index (χ0v) is 6.82. The molecule has 0 aliphatic heterocycles. The largest absolute Gasteiger partial charge is 0.439 e. The summed E-state index contributed by atoms with van der Waals surface area (Å²) in [7, 11) is 0. The summed E-state index contributed by atoms with van der Waals surface area (Å²) in [6.07, 6.45) is 0. The summed E-state index contributed by atoms with van der Waals surface area (Å²) in [5.74, 6) is 0.456. The van der Waals surface area contributed by atoms with Crippen LogP contribution >= 0.6 is 0 Å². The molecule has 4 heteroatoms. The van der Waals surface area contributed by atoms with E-state index in [9.17, 15) is 0 Å². The number of nitrogens with zero attached hydrogens (tertiary/aromatic N) is 2. The topological polar surface area (TPSA) is 75.8 Å². The maximum absolute atomic E-state index is 8.75. The average Bonchev–Trinajstić information content (AvgIpc) is 2.59. The number of fused-ring (bicyclic) bond motifs is 1. The molecule has 13 heavy (non-hydrogen) atoms. The van der Waals surface area contributed by atoms with Gasteiger partial charge in [0, 0.05) is 0 Å². The highest BCUT2D eigenvalue weighted by Gasteiger charge is 2.07. The van der Waals surface area contributed by atoms with Crippen LogP contribution in [0.4, 0.5) is 0 Å². The van der Waals surface area contributed by atoms with E-state index in [1.807, 2.05) is 6.07 Å². The molecule has 64 valence electrons. The Bertz CT molecular complexity index is 481. The van der Waals surface area contributed by atoms with Gasteiger partial charge in [0.2, 0.25) is 5.89 Å². The number of nitrogens with two attached hydrogens (primary N) is 1. The van der Waals surface area contributed by atoms with Crippen molar-refractivity contribution in [1.29, 1.82) is 5.26 Å². The van der Waals surface area contributed by atoms with Gasteiger partial charge in [-0.25, -0.2) is 4.98 Å². The Morgan fingerprint density at radius 3 is 3.08 bits per heavy atom. The molecule has 0 saturated heterocycles. The molecule has 2 aromatic rings. The molecule has 0 aliphatic rings. The number of rotatable bonds is 1. The van der Waals surface area contributed by atoms with E-state index in [2.05, 4.69) is 4.98 Å². The third-order valence-electron chi connectivity index (χ3n) is 1.76. The van der Waals surface area contributed by atoms with Crippen LogP contribution in [0.2, 0.25) is 0 Å². The van der Waals surface area contributed by atoms with Crippen LogP contribution < -0.4 is 5.73 Å². The minimum absolute atomic E-state index is 0.250. The van der Waals surface area contributed by atoms with Gasteiger partial charge in [-0.2, -0.15) is 5.26 Å². The van der Waals surface area contributed by atoms with E-state index in [0.29, 0.717) is 22.6 Å². The number of aromatic nitrogens is 1. The first-order chi connectivity index (χ1) is 6.35. The van der Waals surface area contributed by atoms with Crippen molar-refractivity contribution >= 4 is 11.1 Å². The zero-order valence-electron chi connectivity index (χ0n) is 6.82. The second-order valence-electron chi connectivity index (χ2n) is 2.58. The van der Waals surface area contributed by atoms with Gasteiger partial charge in [-0.15, -0.1) is 0 Å². The van der Waals surface area contributed by atoms with Crippen molar-refractivity contribution in [3.05, 3.63) is 29.7 Å². The van der Waals surface area contributed by atoms with Crippen LogP contribution in [0, 0.1) is 11.3 Å². The molecule has 1 aromatic carbocycles. The molecule has 2 rings (SSSR count). The molecule has 0 radical (unpaired) electrons. The molecule has 1 heterocycles. The van der Waals surface area contributed by atoms with Crippen LogP contribution in [0.5, 0.6) is 0 Å². The van der Waals surface area contributed by atoms with Crippen LogP contribution in [-0.2, 0) is 6.54 Å². The summed E-state index contributed by atoms with van der Waals surface area (Å²) in [6.45, 7) is 0.250. The Kier molecular flexibility index (Phi) is 1.72. The number of oxazole rings is 1. The number of hydrogen-bond donors (Lipinski definition) is 1. The van der Waals surface area contributed by atoms with E-state index < -0.39 is 0 Å². The highest BCUT2D eigenvalue weighted by atomic mass is 16.3. The van der Waals surface area contributed by atoms with Gasteiger partial charge in [0.15, 0.2) is 5.58 Å². The van der Waals surface area contributed by atoms with Gasteiger partial charge < -0.3 is 10.2 Å². The van der Waals surface area contributed by atoms with Crippen molar-refractivity contribution in [3.63, 3.8) is 0 Å². The fraction of sp³-hybridized carbons (Fsp3) is 0.111. The van der Waals surface area contributed by atoms with Crippen LogP contribution in [0.25, 0.3) is 11.1 Å². The Labute approximate surface area is 74.6 Å². The smallest absolute Gasteiger partial charge is 0.209 e. The second-order valence-corrected chi connectivity index (χ2v) is 2.58. The highest BCUT2D eigenvalue weighted by molar-refractivity contribution is 5.79. The molecule has 0 spiro atoms. The third kappa shape index (κ3) is 1.15. The lowest BCUT2D eigenvalue weighted by molar-refractivity contribution is 0.533. The van der Waals surface area contributed by atoms with E-state index in [1.54, 1.807) is 18.2 Å². The summed E-state index contributed by atoms with van der Waals surface area (Å²) in [6, 6.07) is 7.27. The number of hydrogen-bond acceptors (Lipinski definition) is 4. The molecule has 0 amide bonds. The van der Waals surface area contributed by atoms with Gasteiger partial charge in [-0.05, 0) is 12.1 Å². The zero-order chi connectivity index (χ0) is 9.26.